The summed E-state index contributed by atoms with van der Waals surface area (Å²) in [6.45, 7) is 0. The zero-order chi connectivity index (χ0) is 21.8. The van der Waals surface area contributed by atoms with E-state index in [0.29, 0.717) is 10.2 Å². The van der Waals surface area contributed by atoms with Crippen molar-refractivity contribution < 1.29 is 13.2 Å². The zero-order valence-electron chi connectivity index (χ0n) is 16.2. The van der Waals surface area contributed by atoms with Crippen molar-refractivity contribution in [3.05, 3.63) is 90.0 Å². The van der Waals surface area contributed by atoms with Gasteiger partial charge in [0.15, 0.2) is 15.0 Å². The molecule has 1 heterocycles. The Balaban J connectivity index is 1.61. The van der Waals surface area contributed by atoms with Gasteiger partial charge >= 0.3 is 0 Å². The van der Waals surface area contributed by atoms with Gasteiger partial charge in [-0.1, -0.05) is 83.6 Å². The van der Waals surface area contributed by atoms with Gasteiger partial charge in [0, 0.05) is 10.6 Å². The predicted octanol–water partition coefficient (Wildman–Crippen LogP) is 5.54. The molecule has 0 atom stereocenters. The van der Waals surface area contributed by atoms with Gasteiger partial charge in [-0.2, -0.15) is 0 Å². The van der Waals surface area contributed by atoms with Crippen LogP contribution in [0.1, 0.15) is 0 Å². The average Bonchev–Trinajstić information content (AvgIpc) is 3.18. The molecule has 1 aromatic heterocycles. The van der Waals surface area contributed by atoms with Crippen LogP contribution in [0.5, 0.6) is 0 Å². The Morgan fingerprint density at radius 2 is 1.45 bits per heavy atom. The summed E-state index contributed by atoms with van der Waals surface area (Å²) in [5.74, 6) is -1.34. The molecular formula is C23H17ClN2O3S2. The number of thiazole rings is 1. The highest BCUT2D eigenvalue weighted by molar-refractivity contribution is 7.92. The third-order valence-corrected chi connectivity index (χ3v) is 7.36. The van der Waals surface area contributed by atoms with Crippen LogP contribution < -0.4 is 5.32 Å². The van der Waals surface area contributed by atoms with E-state index in [1.807, 2.05) is 60.7 Å². The van der Waals surface area contributed by atoms with Crippen LogP contribution in [0.4, 0.5) is 5.13 Å². The Kier molecular flexibility index (Phi) is 6.18. The maximum absolute atomic E-state index is 12.5. The second kappa shape index (κ2) is 9.01. The number of halogens is 1. The number of rotatable bonds is 6. The second-order valence-electron chi connectivity index (χ2n) is 6.69. The van der Waals surface area contributed by atoms with E-state index in [0.717, 1.165) is 21.7 Å². The maximum Gasteiger partial charge on any atom is 0.241 e. The first-order chi connectivity index (χ1) is 14.9. The summed E-state index contributed by atoms with van der Waals surface area (Å²) in [6, 6.07) is 25.1. The molecule has 8 heteroatoms. The van der Waals surface area contributed by atoms with E-state index in [9.17, 15) is 13.2 Å². The Bertz CT molecular complexity index is 1250. The third kappa shape index (κ3) is 5.02. The predicted molar refractivity (Wildman–Crippen MR) is 125 cm³/mol. The number of aromatic nitrogens is 1. The summed E-state index contributed by atoms with van der Waals surface area (Å²) in [5.41, 5.74) is 2.60. The van der Waals surface area contributed by atoms with Crippen LogP contribution in [0.25, 0.3) is 21.7 Å². The number of amides is 1. The van der Waals surface area contributed by atoms with Crippen molar-refractivity contribution in [3.63, 3.8) is 0 Å². The minimum Gasteiger partial charge on any atom is -0.301 e. The number of carbonyl (C=O) groups is 1. The number of hydrogen-bond acceptors (Lipinski definition) is 5. The number of benzene rings is 3. The van der Waals surface area contributed by atoms with Gasteiger partial charge in [-0.25, -0.2) is 13.4 Å². The van der Waals surface area contributed by atoms with Gasteiger partial charge in [0.2, 0.25) is 5.91 Å². The topological polar surface area (TPSA) is 76.1 Å². The highest BCUT2D eigenvalue weighted by Crippen LogP contribution is 2.38. The standard InChI is InChI=1S/C23H17ClN2O3S2/c24-18-11-13-19(14-12-18)31(28,29)15-20(27)25-23-26-21(16-7-3-1-4-8-16)22(30-23)17-9-5-2-6-10-17/h1-14H,15H2,(H,25,26,27). The highest BCUT2D eigenvalue weighted by atomic mass is 35.5. The van der Waals surface area contributed by atoms with Crippen LogP contribution >= 0.6 is 22.9 Å². The molecule has 0 saturated heterocycles. The minimum absolute atomic E-state index is 0.0427. The molecule has 0 radical (unpaired) electrons. The molecule has 0 aliphatic heterocycles. The van der Waals surface area contributed by atoms with Crippen LogP contribution in [0.15, 0.2) is 89.8 Å². The van der Waals surface area contributed by atoms with Crippen molar-refractivity contribution >= 4 is 43.8 Å². The van der Waals surface area contributed by atoms with Crippen LogP contribution in [-0.4, -0.2) is 25.1 Å². The van der Waals surface area contributed by atoms with Crippen LogP contribution in [0.2, 0.25) is 5.02 Å². The highest BCUT2D eigenvalue weighted by Gasteiger charge is 2.22. The van der Waals surface area contributed by atoms with Gasteiger partial charge in [0.05, 0.1) is 15.5 Å². The SMILES string of the molecule is O=C(CS(=O)(=O)c1ccc(Cl)cc1)Nc1nc(-c2ccccc2)c(-c2ccccc2)s1. The lowest BCUT2D eigenvalue weighted by Gasteiger charge is -2.04. The average molecular weight is 469 g/mol. The van der Waals surface area contributed by atoms with Crippen molar-refractivity contribution in [1.82, 2.24) is 4.98 Å². The summed E-state index contributed by atoms with van der Waals surface area (Å²) in [6.07, 6.45) is 0. The van der Waals surface area contributed by atoms with Gasteiger partial charge in [0.1, 0.15) is 5.75 Å². The van der Waals surface area contributed by atoms with E-state index >= 15 is 0 Å². The van der Waals surface area contributed by atoms with Gasteiger partial charge in [-0.15, -0.1) is 0 Å². The van der Waals surface area contributed by atoms with E-state index in [2.05, 4.69) is 10.3 Å². The molecule has 156 valence electrons. The van der Waals surface area contributed by atoms with Crippen molar-refractivity contribution in [2.24, 2.45) is 0 Å². The number of anilines is 1. The number of carbonyl (C=O) groups excluding carboxylic acids is 1. The lowest BCUT2D eigenvalue weighted by molar-refractivity contribution is -0.113. The van der Waals surface area contributed by atoms with E-state index in [1.165, 1.54) is 35.6 Å². The molecule has 0 aliphatic carbocycles. The van der Waals surface area contributed by atoms with Crippen molar-refractivity contribution in [2.75, 3.05) is 11.1 Å². The van der Waals surface area contributed by atoms with Gasteiger partial charge in [-0.3, -0.25) is 4.79 Å². The summed E-state index contributed by atoms with van der Waals surface area (Å²) in [4.78, 5) is 18.0. The summed E-state index contributed by atoms with van der Waals surface area (Å²) >= 11 is 7.12. The minimum atomic E-state index is -3.80. The molecule has 31 heavy (non-hydrogen) atoms. The Morgan fingerprint density at radius 3 is 2.06 bits per heavy atom. The fourth-order valence-electron chi connectivity index (χ4n) is 3.00. The number of hydrogen-bond donors (Lipinski definition) is 1. The van der Waals surface area contributed by atoms with Crippen molar-refractivity contribution in [3.8, 4) is 21.7 Å². The van der Waals surface area contributed by atoms with Crippen LogP contribution in [-0.2, 0) is 14.6 Å². The lowest BCUT2D eigenvalue weighted by Crippen LogP contribution is -2.22. The fourth-order valence-corrected chi connectivity index (χ4v) is 5.27. The Morgan fingerprint density at radius 1 is 0.871 bits per heavy atom. The van der Waals surface area contributed by atoms with E-state index in [-0.39, 0.29) is 4.90 Å². The Labute approximate surface area is 189 Å². The number of nitrogens with one attached hydrogen (secondary N) is 1. The molecule has 0 unspecified atom stereocenters. The molecular weight excluding hydrogens is 452 g/mol. The summed E-state index contributed by atoms with van der Waals surface area (Å²) in [7, 11) is -3.80. The van der Waals surface area contributed by atoms with Crippen LogP contribution in [0.3, 0.4) is 0 Å². The third-order valence-electron chi connectivity index (χ3n) is 4.45. The molecule has 5 nitrogen and oxygen atoms in total. The molecule has 3 aromatic carbocycles. The van der Waals surface area contributed by atoms with E-state index in [1.54, 1.807) is 0 Å². The maximum atomic E-state index is 12.5. The first-order valence-corrected chi connectivity index (χ1v) is 12.2. The molecule has 0 spiro atoms. The van der Waals surface area contributed by atoms with Gasteiger partial charge < -0.3 is 5.32 Å². The molecule has 0 bridgehead atoms. The summed E-state index contributed by atoms with van der Waals surface area (Å²) < 4.78 is 25.1. The number of sulfone groups is 1. The van der Waals surface area contributed by atoms with E-state index in [4.69, 9.17) is 11.6 Å². The molecule has 0 aliphatic rings. The quantitative estimate of drug-likeness (QED) is 0.403. The Hall–Kier alpha value is -3.00. The monoisotopic (exact) mass is 468 g/mol. The molecule has 4 rings (SSSR count). The van der Waals surface area contributed by atoms with Crippen molar-refractivity contribution in [2.45, 2.75) is 4.90 Å². The fraction of sp³-hybridized carbons (Fsp3) is 0.0435. The molecule has 0 saturated carbocycles. The molecule has 0 fully saturated rings. The van der Waals surface area contributed by atoms with Crippen molar-refractivity contribution in [1.29, 1.82) is 0 Å². The smallest absolute Gasteiger partial charge is 0.241 e. The molecule has 1 N–H and O–H groups in total. The van der Waals surface area contributed by atoms with Gasteiger partial charge in [-0.05, 0) is 29.8 Å². The van der Waals surface area contributed by atoms with Crippen LogP contribution in [0, 0.1) is 0 Å². The largest absolute Gasteiger partial charge is 0.301 e. The second-order valence-corrected chi connectivity index (χ2v) is 10.1. The summed E-state index contributed by atoms with van der Waals surface area (Å²) in [5, 5.41) is 3.41. The zero-order valence-corrected chi connectivity index (χ0v) is 18.5. The number of nitrogens with zero attached hydrogens (tertiary/aromatic N) is 1. The van der Waals surface area contributed by atoms with Gasteiger partial charge in [0.25, 0.3) is 0 Å². The lowest BCUT2D eigenvalue weighted by atomic mass is 10.1. The first kappa shape index (κ1) is 21.2. The normalized spacial score (nSPS) is 11.3. The molecule has 1 amide bonds. The first-order valence-electron chi connectivity index (χ1n) is 9.32. The van der Waals surface area contributed by atoms with E-state index < -0.39 is 21.5 Å². The molecule has 4 aromatic rings.